The topological polar surface area (TPSA) is 86.8 Å². The van der Waals surface area contributed by atoms with E-state index in [2.05, 4.69) is 5.32 Å². The quantitative estimate of drug-likeness (QED) is 0.821. The molecule has 2 aliphatic rings. The number of rotatable bonds is 2. The molecule has 1 atom stereocenters. The zero-order valence-electron chi connectivity index (χ0n) is 13.1. The van der Waals surface area contributed by atoms with Crippen molar-refractivity contribution in [3.05, 3.63) is 29.3 Å². The molecule has 0 aromatic heterocycles. The van der Waals surface area contributed by atoms with Crippen LogP contribution in [0.15, 0.2) is 18.2 Å². The van der Waals surface area contributed by atoms with Gasteiger partial charge in [0.1, 0.15) is 0 Å². The molecular weight excluding hydrogens is 318 g/mol. The Bertz CT molecular complexity index is 775. The lowest BCUT2D eigenvalue weighted by atomic mass is 10.1. The number of nitrogens with one attached hydrogen (secondary N) is 1. The summed E-state index contributed by atoms with van der Waals surface area (Å²) < 4.78 is 25.2. The highest BCUT2D eigenvalue weighted by Gasteiger charge is 2.33. The molecule has 124 valence electrons. The number of nitrogens with zero attached hydrogens (tertiary/aromatic N) is 2. The minimum absolute atomic E-state index is 0.0573. The van der Waals surface area contributed by atoms with E-state index in [1.807, 2.05) is 6.92 Å². The van der Waals surface area contributed by atoms with E-state index in [-0.39, 0.29) is 24.4 Å². The van der Waals surface area contributed by atoms with Crippen LogP contribution in [0, 0.1) is 0 Å². The number of carbonyl (C=O) groups excluding carboxylic acids is 2. The fraction of sp³-hybridized carbons (Fsp3) is 0.467. The van der Waals surface area contributed by atoms with Crippen LogP contribution < -0.4 is 9.62 Å². The first kappa shape index (κ1) is 15.8. The van der Waals surface area contributed by atoms with Crippen molar-refractivity contribution in [2.75, 3.05) is 30.2 Å². The Labute approximate surface area is 135 Å². The maximum absolute atomic E-state index is 12.5. The van der Waals surface area contributed by atoms with E-state index in [9.17, 15) is 18.0 Å². The molecule has 1 unspecified atom stereocenters. The molecule has 1 saturated heterocycles. The SMILES string of the molecule is CC1Cc2cc(C(=O)N3CCNC(=O)C3)ccc2N1S(C)(=O)=O. The summed E-state index contributed by atoms with van der Waals surface area (Å²) in [7, 11) is -3.34. The summed E-state index contributed by atoms with van der Waals surface area (Å²) in [4.78, 5) is 25.4. The zero-order chi connectivity index (χ0) is 16.8. The third-order valence-electron chi connectivity index (χ3n) is 4.16. The Morgan fingerprint density at radius 3 is 2.74 bits per heavy atom. The highest BCUT2D eigenvalue weighted by Crippen LogP contribution is 2.34. The van der Waals surface area contributed by atoms with Gasteiger partial charge in [0.15, 0.2) is 0 Å². The lowest BCUT2D eigenvalue weighted by Gasteiger charge is -2.27. The highest BCUT2D eigenvalue weighted by molar-refractivity contribution is 7.92. The van der Waals surface area contributed by atoms with E-state index in [0.29, 0.717) is 30.8 Å². The van der Waals surface area contributed by atoms with Crippen molar-refractivity contribution in [2.24, 2.45) is 0 Å². The molecule has 23 heavy (non-hydrogen) atoms. The molecule has 8 heteroatoms. The molecule has 0 bridgehead atoms. The predicted octanol–water partition coefficient (Wildman–Crippen LogP) is -0.0308. The second-order valence-corrected chi connectivity index (χ2v) is 7.89. The number of fused-ring (bicyclic) bond motifs is 1. The highest BCUT2D eigenvalue weighted by atomic mass is 32.2. The largest absolute Gasteiger partial charge is 0.353 e. The van der Waals surface area contributed by atoms with Crippen LogP contribution in [-0.4, -0.2) is 57.1 Å². The Balaban J connectivity index is 1.89. The molecule has 3 rings (SSSR count). The summed E-state index contributed by atoms with van der Waals surface area (Å²) >= 11 is 0. The van der Waals surface area contributed by atoms with E-state index in [1.54, 1.807) is 18.2 Å². The smallest absolute Gasteiger partial charge is 0.254 e. The van der Waals surface area contributed by atoms with Crippen molar-refractivity contribution >= 4 is 27.5 Å². The third kappa shape index (κ3) is 2.90. The summed E-state index contributed by atoms with van der Waals surface area (Å²) in [5.41, 5.74) is 1.96. The number of anilines is 1. The van der Waals surface area contributed by atoms with Gasteiger partial charge in [-0.1, -0.05) is 0 Å². The number of sulfonamides is 1. The van der Waals surface area contributed by atoms with Crippen molar-refractivity contribution in [2.45, 2.75) is 19.4 Å². The molecule has 2 aliphatic heterocycles. The minimum atomic E-state index is -3.34. The molecule has 0 saturated carbocycles. The molecule has 0 spiro atoms. The second-order valence-electron chi connectivity index (χ2n) is 6.03. The fourth-order valence-corrected chi connectivity index (χ4v) is 4.50. The van der Waals surface area contributed by atoms with Gasteiger partial charge in [-0.15, -0.1) is 0 Å². The van der Waals surface area contributed by atoms with Crippen LogP contribution in [0.4, 0.5) is 5.69 Å². The first-order valence-electron chi connectivity index (χ1n) is 7.45. The average Bonchev–Trinajstić information content (AvgIpc) is 2.81. The van der Waals surface area contributed by atoms with Gasteiger partial charge in [-0.2, -0.15) is 0 Å². The summed E-state index contributed by atoms with van der Waals surface area (Å²) in [5.74, 6) is -0.365. The monoisotopic (exact) mass is 337 g/mol. The van der Waals surface area contributed by atoms with E-state index >= 15 is 0 Å². The van der Waals surface area contributed by atoms with Gasteiger partial charge in [0.25, 0.3) is 5.91 Å². The van der Waals surface area contributed by atoms with Gasteiger partial charge < -0.3 is 10.2 Å². The maximum atomic E-state index is 12.5. The number of piperazine rings is 1. The molecule has 1 fully saturated rings. The summed E-state index contributed by atoms with van der Waals surface area (Å²) in [6.07, 6.45) is 1.76. The summed E-state index contributed by atoms with van der Waals surface area (Å²) in [6.45, 7) is 2.83. The van der Waals surface area contributed by atoms with E-state index < -0.39 is 10.0 Å². The Morgan fingerprint density at radius 1 is 1.35 bits per heavy atom. The van der Waals surface area contributed by atoms with Gasteiger partial charge in [0.2, 0.25) is 15.9 Å². The first-order valence-corrected chi connectivity index (χ1v) is 9.30. The van der Waals surface area contributed by atoms with Gasteiger partial charge in [-0.3, -0.25) is 13.9 Å². The van der Waals surface area contributed by atoms with Crippen LogP contribution >= 0.6 is 0 Å². The Morgan fingerprint density at radius 2 is 2.09 bits per heavy atom. The Kier molecular flexibility index (Phi) is 3.79. The number of amides is 2. The van der Waals surface area contributed by atoms with Crippen LogP contribution in [0.5, 0.6) is 0 Å². The predicted molar refractivity (Wildman–Crippen MR) is 85.8 cm³/mol. The molecule has 1 aromatic rings. The molecular formula is C15H19N3O4S. The standard InChI is InChI=1S/C15H19N3O4S/c1-10-7-12-8-11(3-4-13(12)18(10)23(2,21)22)15(20)17-6-5-16-14(19)9-17/h3-4,8,10H,5-7,9H2,1-2H3,(H,16,19). The molecule has 1 aromatic carbocycles. The van der Waals surface area contributed by atoms with E-state index in [4.69, 9.17) is 0 Å². The van der Waals surface area contributed by atoms with Crippen molar-refractivity contribution in [3.8, 4) is 0 Å². The fourth-order valence-electron chi connectivity index (χ4n) is 3.24. The van der Waals surface area contributed by atoms with Crippen molar-refractivity contribution in [1.29, 1.82) is 0 Å². The van der Waals surface area contributed by atoms with Gasteiger partial charge in [0.05, 0.1) is 18.5 Å². The van der Waals surface area contributed by atoms with Gasteiger partial charge >= 0.3 is 0 Å². The Hall–Kier alpha value is -2.09. The van der Waals surface area contributed by atoms with Crippen molar-refractivity contribution in [3.63, 3.8) is 0 Å². The number of carbonyl (C=O) groups is 2. The van der Waals surface area contributed by atoms with Gasteiger partial charge in [0, 0.05) is 24.7 Å². The van der Waals surface area contributed by atoms with Crippen LogP contribution in [0.25, 0.3) is 0 Å². The molecule has 2 heterocycles. The van der Waals surface area contributed by atoms with Crippen LogP contribution in [0.1, 0.15) is 22.8 Å². The third-order valence-corrected chi connectivity index (χ3v) is 5.43. The second kappa shape index (κ2) is 5.52. The number of benzene rings is 1. The van der Waals surface area contributed by atoms with Gasteiger partial charge in [-0.05, 0) is 37.1 Å². The molecule has 0 radical (unpaired) electrons. The lowest BCUT2D eigenvalue weighted by Crippen LogP contribution is -2.49. The number of hydrogen-bond donors (Lipinski definition) is 1. The van der Waals surface area contributed by atoms with Crippen molar-refractivity contribution in [1.82, 2.24) is 10.2 Å². The molecule has 0 aliphatic carbocycles. The van der Waals surface area contributed by atoms with Crippen molar-refractivity contribution < 1.29 is 18.0 Å². The zero-order valence-corrected chi connectivity index (χ0v) is 13.9. The summed E-state index contributed by atoms with van der Waals surface area (Å²) in [6, 6.07) is 4.89. The molecule has 1 N–H and O–H groups in total. The normalized spacial score (nSPS) is 21.1. The molecule has 2 amide bonds. The lowest BCUT2D eigenvalue weighted by molar-refractivity contribution is -0.123. The van der Waals surface area contributed by atoms with Gasteiger partial charge in [-0.25, -0.2) is 8.42 Å². The maximum Gasteiger partial charge on any atom is 0.254 e. The number of hydrogen-bond acceptors (Lipinski definition) is 4. The average molecular weight is 337 g/mol. The van der Waals surface area contributed by atoms with Crippen LogP contribution in [-0.2, 0) is 21.2 Å². The molecule has 7 nitrogen and oxygen atoms in total. The van der Waals surface area contributed by atoms with E-state index in [1.165, 1.54) is 15.5 Å². The van der Waals surface area contributed by atoms with Crippen LogP contribution in [0.3, 0.4) is 0 Å². The van der Waals surface area contributed by atoms with Crippen LogP contribution in [0.2, 0.25) is 0 Å². The first-order chi connectivity index (χ1) is 10.8. The minimum Gasteiger partial charge on any atom is -0.353 e. The summed E-state index contributed by atoms with van der Waals surface area (Å²) in [5, 5.41) is 2.68. The van der Waals surface area contributed by atoms with E-state index in [0.717, 1.165) is 5.56 Å².